The lowest BCUT2D eigenvalue weighted by Gasteiger charge is -2.12. The van der Waals surface area contributed by atoms with Gasteiger partial charge in [0.2, 0.25) is 0 Å². The molecule has 1 N–H and O–H groups in total. The number of aromatic amines is 1. The molecule has 4 aromatic rings. The van der Waals surface area contributed by atoms with Gasteiger partial charge in [-0.15, -0.1) is 0 Å². The Balaban J connectivity index is 2.08. The van der Waals surface area contributed by atoms with E-state index in [1.54, 1.807) is 18.3 Å². The summed E-state index contributed by atoms with van der Waals surface area (Å²) in [4.78, 5) is 9.22. The van der Waals surface area contributed by atoms with Gasteiger partial charge in [-0.25, -0.2) is 14.4 Å². The summed E-state index contributed by atoms with van der Waals surface area (Å²) < 4.78 is 15.2. The van der Waals surface area contributed by atoms with Crippen molar-refractivity contribution in [2.75, 3.05) is 0 Å². The zero-order valence-corrected chi connectivity index (χ0v) is 12.2. The largest absolute Gasteiger partial charge is 0.297 e. The second-order valence-electron chi connectivity index (χ2n) is 5.57. The maximum Gasteiger partial charge on any atom is 0.174 e. The minimum absolute atomic E-state index is 0.255. The molecule has 0 amide bonds. The monoisotopic (exact) mass is 295 g/mol. The van der Waals surface area contributed by atoms with Crippen LogP contribution in [-0.2, 0) is 0 Å². The standard InChI is InChI=1S/C16H14FN5/c1-9(2)14-7-12-16(20-13-8-18-21-15(13)19-12)22(14)11-5-3-10(17)4-6-11/h3-9H,1-2H3,(H,18,19,21). The smallest absolute Gasteiger partial charge is 0.174 e. The average molecular weight is 295 g/mol. The Morgan fingerprint density at radius 2 is 1.86 bits per heavy atom. The van der Waals surface area contributed by atoms with E-state index in [0.29, 0.717) is 11.2 Å². The molecule has 0 saturated carbocycles. The molecule has 0 fully saturated rings. The molecule has 0 bridgehead atoms. The summed E-state index contributed by atoms with van der Waals surface area (Å²) in [5.41, 5.74) is 4.89. The number of nitrogens with zero attached hydrogens (tertiary/aromatic N) is 4. The molecule has 4 rings (SSSR count). The van der Waals surface area contributed by atoms with Gasteiger partial charge in [0.25, 0.3) is 0 Å². The van der Waals surface area contributed by atoms with Crippen molar-refractivity contribution in [2.24, 2.45) is 0 Å². The highest BCUT2D eigenvalue weighted by Gasteiger charge is 2.16. The summed E-state index contributed by atoms with van der Waals surface area (Å²) in [5.74, 6) is 0.0344. The van der Waals surface area contributed by atoms with Crippen molar-refractivity contribution in [3.63, 3.8) is 0 Å². The molecule has 0 unspecified atom stereocenters. The van der Waals surface area contributed by atoms with Crippen LogP contribution in [0.15, 0.2) is 36.5 Å². The molecule has 0 saturated heterocycles. The predicted molar refractivity (Wildman–Crippen MR) is 82.6 cm³/mol. The SMILES string of the molecule is CC(C)c1cc2nc3[nH]ncc3nc2n1-c1ccc(F)cc1. The second kappa shape index (κ2) is 4.62. The maximum absolute atomic E-state index is 13.2. The molecule has 6 heteroatoms. The Hall–Kier alpha value is -2.76. The molecule has 3 aromatic heterocycles. The summed E-state index contributed by atoms with van der Waals surface area (Å²) >= 11 is 0. The number of H-pyrrole nitrogens is 1. The van der Waals surface area contributed by atoms with Crippen LogP contribution < -0.4 is 0 Å². The third kappa shape index (κ3) is 1.88. The molecule has 0 spiro atoms. The van der Waals surface area contributed by atoms with Crippen molar-refractivity contribution in [3.8, 4) is 5.69 Å². The molecular formula is C16H14FN5. The highest BCUT2D eigenvalue weighted by Crippen LogP contribution is 2.28. The number of nitrogens with one attached hydrogen (secondary N) is 1. The Morgan fingerprint density at radius 1 is 1.09 bits per heavy atom. The predicted octanol–water partition coefficient (Wildman–Crippen LogP) is 3.56. The Kier molecular flexibility index (Phi) is 2.72. The van der Waals surface area contributed by atoms with Crippen molar-refractivity contribution >= 4 is 22.3 Å². The number of benzene rings is 1. The highest BCUT2D eigenvalue weighted by atomic mass is 19.1. The molecule has 22 heavy (non-hydrogen) atoms. The van der Waals surface area contributed by atoms with Gasteiger partial charge in [0.1, 0.15) is 16.9 Å². The molecule has 0 aliphatic heterocycles. The van der Waals surface area contributed by atoms with Gasteiger partial charge in [-0.2, -0.15) is 5.10 Å². The zero-order valence-electron chi connectivity index (χ0n) is 12.2. The van der Waals surface area contributed by atoms with Crippen LogP contribution in [0.4, 0.5) is 4.39 Å². The summed E-state index contributed by atoms with van der Waals surface area (Å²) in [6.07, 6.45) is 1.65. The van der Waals surface area contributed by atoms with Gasteiger partial charge in [0.05, 0.1) is 6.20 Å². The van der Waals surface area contributed by atoms with Crippen LogP contribution in [0.1, 0.15) is 25.5 Å². The van der Waals surface area contributed by atoms with E-state index >= 15 is 0 Å². The quantitative estimate of drug-likeness (QED) is 0.615. The fraction of sp³-hybridized carbons (Fsp3) is 0.188. The Labute approximate surface area is 125 Å². The van der Waals surface area contributed by atoms with Gasteiger partial charge in [0, 0.05) is 11.4 Å². The first-order chi connectivity index (χ1) is 10.6. The lowest BCUT2D eigenvalue weighted by atomic mass is 10.1. The minimum atomic E-state index is -0.255. The van der Waals surface area contributed by atoms with Crippen LogP contribution in [0, 0.1) is 5.82 Å². The fourth-order valence-electron chi connectivity index (χ4n) is 2.65. The fourth-order valence-corrected chi connectivity index (χ4v) is 2.65. The molecule has 0 atom stereocenters. The van der Waals surface area contributed by atoms with Crippen molar-refractivity contribution in [2.45, 2.75) is 19.8 Å². The zero-order chi connectivity index (χ0) is 15.3. The van der Waals surface area contributed by atoms with E-state index in [9.17, 15) is 4.39 Å². The van der Waals surface area contributed by atoms with Crippen LogP contribution in [0.2, 0.25) is 0 Å². The van der Waals surface area contributed by atoms with Gasteiger partial charge in [-0.3, -0.25) is 9.67 Å². The molecule has 110 valence electrons. The number of halogens is 1. The number of rotatable bonds is 2. The van der Waals surface area contributed by atoms with Crippen molar-refractivity contribution in [3.05, 3.63) is 48.0 Å². The normalized spacial score (nSPS) is 11.8. The van der Waals surface area contributed by atoms with Crippen molar-refractivity contribution in [1.29, 1.82) is 0 Å². The van der Waals surface area contributed by atoms with Gasteiger partial charge < -0.3 is 0 Å². The molecule has 3 heterocycles. The average Bonchev–Trinajstić information content (AvgIpc) is 3.09. The van der Waals surface area contributed by atoms with Gasteiger partial charge >= 0.3 is 0 Å². The van der Waals surface area contributed by atoms with Crippen LogP contribution >= 0.6 is 0 Å². The topological polar surface area (TPSA) is 59.4 Å². The first-order valence-corrected chi connectivity index (χ1v) is 7.12. The first kappa shape index (κ1) is 12.9. The number of fused-ring (bicyclic) bond motifs is 2. The van der Waals surface area contributed by atoms with Gasteiger partial charge in [-0.1, -0.05) is 13.8 Å². The van der Waals surface area contributed by atoms with E-state index in [0.717, 1.165) is 22.5 Å². The first-order valence-electron chi connectivity index (χ1n) is 7.12. The van der Waals surface area contributed by atoms with Gasteiger partial charge in [-0.05, 0) is 36.2 Å². The maximum atomic E-state index is 13.2. The van der Waals surface area contributed by atoms with Crippen LogP contribution in [0.5, 0.6) is 0 Å². The second-order valence-corrected chi connectivity index (χ2v) is 5.57. The van der Waals surface area contributed by atoms with Crippen molar-refractivity contribution < 1.29 is 4.39 Å². The summed E-state index contributed by atoms with van der Waals surface area (Å²) in [5, 5.41) is 6.80. The number of aromatic nitrogens is 5. The molecule has 0 aliphatic carbocycles. The third-order valence-electron chi connectivity index (χ3n) is 3.72. The Morgan fingerprint density at radius 3 is 2.59 bits per heavy atom. The van der Waals surface area contributed by atoms with E-state index in [4.69, 9.17) is 0 Å². The number of hydrogen-bond acceptors (Lipinski definition) is 3. The molecule has 0 radical (unpaired) electrons. The van der Waals surface area contributed by atoms with Crippen molar-refractivity contribution in [1.82, 2.24) is 24.7 Å². The summed E-state index contributed by atoms with van der Waals surface area (Å²) in [6.45, 7) is 4.23. The third-order valence-corrected chi connectivity index (χ3v) is 3.72. The lowest BCUT2D eigenvalue weighted by Crippen LogP contribution is -2.02. The summed E-state index contributed by atoms with van der Waals surface area (Å²) in [7, 11) is 0. The lowest BCUT2D eigenvalue weighted by molar-refractivity contribution is 0.627. The molecule has 1 aromatic carbocycles. The van der Waals surface area contributed by atoms with E-state index in [-0.39, 0.29) is 11.7 Å². The van der Waals surface area contributed by atoms with E-state index in [1.165, 1.54) is 12.1 Å². The van der Waals surface area contributed by atoms with E-state index in [2.05, 4.69) is 34.0 Å². The van der Waals surface area contributed by atoms with Crippen LogP contribution in [0.3, 0.4) is 0 Å². The van der Waals surface area contributed by atoms with Gasteiger partial charge in [0.15, 0.2) is 11.3 Å². The summed E-state index contributed by atoms with van der Waals surface area (Å²) in [6, 6.07) is 8.44. The highest BCUT2D eigenvalue weighted by molar-refractivity contribution is 5.84. The molecular weight excluding hydrogens is 281 g/mol. The van der Waals surface area contributed by atoms with E-state index < -0.39 is 0 Å². The molecule has 0 aliphatic rings. The number of hydrogen-bond donors (Lipinski definition) is 1. The Bertz CT molecular complexity index is 965. The van der Waals surface area contributed by atoms with Crippen LogP contribution in [0.25, 0.3) is 28.0 Å². The van der Waals surface area contributed by atoms with E-state index in [1.807, 2.05) is 10.6 Å². The molecule has 5 nitrogen and oxygen atoms in total. The minimum Gasteiger partial charge on any atom is -0.297 e. The van der Waals surface area contributed by atoms with Crippen LogP contribution in [-0.4, -0.2) is 24.7 Å².